The number of nitrogens with one attached hydrogen (secondary N) is 1. The fourth-order valence-electron chi connectivity index (χ4n) is 3.11. The van der Waals surface area contributed by atoms with Crippen LogP contribution in [0.4, 0.5) is 5.82 Å². The molecule has 3 N–H and O–H groups in total. The molecular formula is C14H21N5. The fraction of sp³-hybridized carbons (Fsp3) is 0.571. The van der Waals surface area contributed by atoms with Gasteiger partial charge in [0.15, 0.2) is 0 Å². The third-order valence-electron chi connectivity index (χ3n) is 4.20. The molecule has 19 heavy (non-hydrogen) atoms. The van der Waals surface area contributed by atoms with Crippen LogP contribution in [0.1, 0.15) is 24.8 Å². The predicted octanol–water partition coefficient (Wildman–Crippen LogP) is 1.04. The molecule has 0 amide bonds. The van der Waals surface area contributed by atoms with E-state index in [1.165, 1.54) is 32.4 Å². The van der Waals surface area contributed by atoms with Crippen LogP contribution in [0.5, 0.6) is 0 Å². The van der Waals surface area contributed by atoms with Crippen molar-refractivity contribution >= 4 is 11.7 Å². The van der Waals surface area contributed by atoms with E-state index in [0.717, 1.165) is 24.5 Å². The standard InChI is InChI=1S/C14H21N5/c15-14(16)11-3-5-17-13(9-11)19-8-4-12(10-19)18-6-1-2-7-18/h3,5,9,12H,1-2,4,6-8,10H2,(H3,15,16). The average Bonchev–Trinajstić information content (AvgIpc) is 3.09. The number of amidine groups is 1. The van der Waals surface area contributed by atoms with Gasteiger partial charge in [-0.25, -0.2) is 4.98 Å². The molecule has 0 radical (unpaired) electrons. The fourth-order valence-corrected chi connectivity index (χ4v) is 3.11. The van der Waals surface area contributed by atoms with E-state index in [1.807, 2.05) is 6.07 Å². The first-order chi connectivity index (χ1) is 9.24. The maximum atomic E-state index is 7.50. The summed E-state index contributed by atoms with van der Waals surface area (Å²) >= 11 is 0. The molecule has 0 spiro atoms. The van der Waals surface area contributed by atoms with Gasteiger partial charge < -0.3 is 10.6 Å². The summed E-state index contributed by atoms with van der Waals surface area (Å²) < 4.78 is 0. The minimum Gasteiger partial charge on any atom is -0.384 e. The van der Waals surface area contributed by atoms with Gasteiger partial charge in [-0.2, -0.15) is 0 Å². The van der Waals surface area contributed by atoms with E-state index < -0.39 is 0 Å². The van der Waals surface area contributed by atoms with Gasteiger partial charge in [-0.15, -0.1) is 0 Å². The quantitative estimate of drug-likeness (QED) is 0.628. The van der Waals surface area contributed by atoms with Crippen LogP contribution < -0.4 is 10.6 Å². The Hall–Kier alpha value is -1.62. The first-order valence-electron chi connectivity index (χ1n) is 7.03. The molecule has 1 unspecified atom stereocenters. The smallest absolute Gasteiger partial charge is 0.129 e. The molecule has 0 aliphatic carbocycles. The molecule has 1 atom stereocenters. The molecule has 102 valence electrons. The molecule has 0 saturated carbocycles. The number of hydrogen-bond acceptors (Lipinski definition) is 4. The van der Waals surface area contributed by atoms with Crippen LogP contribution >= 0.6 is 0 Å². The summed E-state index contributed by atoms with van der Waals surface area (Å²) in [5, 5.41) is 7.50. The number of nitrogens with two attached hydrogens (primary N) is 1. The molecule has 5 heteroatoms. The number of pyridine rings is 1. The number of anilines is 1. The van der Waals surface area contributed by atoms with Crippen LogP contribution in [0.15, 0.2) is 18.3 Å². The van der Waals surface area contributed by atoms with Gasteiger partial charge in [-0.1, -0.05) is 0 Å². The molecule has 2 aliphatic heterocycles. The maximum absolute atomic E-state index is 7.50. The number of nitrogens with zero attached hydrogens (tertiary/aromatic N) is 3. The Balaban J connectivity index is 1.70. The number of hydrogen-bond donors (Lipinski definition) is 2. The highest BCUT2D eigenvalue weighted by Gasteiger charge is 2.29. The van der Waals surface area contributed by atoms with Crippen molar-refractivity contribution in [3.63, 3.8) is 0 Å². The highest BCUT2D eigenvalue weighted by molar-refractivity contribution is 5.95. The number of aromatic nitrogens is 1. The van der Waals surface area contributed by atoms with E-state index in [-0.39, 0.29) is 5.84 Å². The van der Waals surface area contributed by atoms with Crippen LogP contribution in [0.2, 0.25) is 0 Å². The zero-order valence-electron chi connectivity index (χ0n) is 11.2. The molecule has 1 aromatic heterocycles. The van der Waals surface area contributed by atoms with E-state index in [2.05, 4.69) is 14.8 Å². The first kappa shape index (κ1) is 12.4. The van der Waals surface area contributed by atoms with Crippen molar-refractivity contribution in [2.24, 2.45) is 5.73 Å². The largest absolute Gasteiger partial charge is 0.384 e. The van der Waals surface area contributed by atoms with E-state index in [0.29, 0.717) is 6.04 Å². The molecule has 2 saturated heterocycles. The average molecular weight is 259 g/mol. The minimum atomic E-state index is 0.110. The van der Waals surface area contributed by atoms with Crippen molar-refractivity contribution in [1.29, 1.82) is 5.41 Å². The Morgan fingerprint density at radius 3 is 2.84 bits per heavy atom. The minimum absolute atomic E-state index is 0.110. The molecule has 3 heterocycles. The predicted molar refractivity (Wildman–Crippen MR) is 76.7 cm³/mol. The summed E-state index contributed by atoms with van der Waals surface area (Å²) in [6.07, 6.45) is 5.64. The molecular weight excluding hydrogens is 238 g/mol. The van der Waals surface area contributed by atoms with Gasteiger partial charge in [-0.05, 0) is 44.5 Å². The Morgan fingerprint density at radius 1 is 1.32 bits per heavy atom. The van der Waals surface area contributed by atoms with Crippen LogP contribution in [-0.4, -0.2) is 47.9 Å². The van der Waals surface area contributed by atoms with E-state index >= 15 is 0 Å². The molecule has 2 fully saturated rings. The maximum Gasteiger partial charge on any atom is 0.129 e. The second-order valence-electron chi connectivity index (χ2n) is 5.45. The topological polar surface area (TPSA) is 69.2 Å². The molecule has 1 aromatic rings. The van der Waals surface area contributed by atoms with Crippen LogP contribution in [0.25, 0.3) is 0 Å². The van der Waals surface area contributed by atoms with Crippen molar-refractivity contribution < 1.29 is 0 Å². The van der Waals surface area contributed by atoms with E-state index in [9.17, 15) is 0 Å². The van der Waals surface area contributed by atoms with Crippen molar-refractivity contribution in [3.05, 3.63) is 23.9 Å². The second kappa shape index (κ2) is 5.17. The third-order valence-corrected chi connectivity index (χ3v) is 4.20. The lowest BCUT2D eigenvalue weighted by Gasteiger charge is -2.24. The Labute approximate surface area is 113 Å². The van der Waals surface area contributed by atoms with Crippen molar-refractivity contribution in [1.82, 2.24) is 9.88 Å². The lowest BCUT2D eigenvalue weighted by Crippen LogP contribution is -2.35. The van der Waals surface area contributed by atoms with Gasteiger partial charge in [-0.3, -0.25) is 10.3 Å². The lowest BCUT2D eigenvalue weighted by molar-refractivity contribution is 0.260. The summed E-state index contributed by atoms with van der Waals surface area (Å²) in [6.45, 7) is 4.60. The van der Waals surface area contributed by atoms with Gasteiger partial charge in [0, 0.05) is 30.9 Å². The lowest BCUT2D eigenvalue weighted by atomic mass is 10.2. The summed E-state index contributed by atoms with van der Waals surface area (Å²) in [5.74, 6) is 1.06. The van der Waals surface area contributed by atoms with Crippen molar-refractivity contribution in [2.75, 3.05) is 31.1 Å². The molecule has 5 nitrogen and oxygen atoms in total. The summed E-state index contributed by atoms with van der Waals surface area (Å²) in [5.41, 5.74) is 6.30. The number of rotatable bonds is 3. The Morgan fingerprint density at radius 2 is 2.11 bits per heavy atom. The van der Waals surface area contributed by atoms with Crippen LogP contribution in [0.3, 0.4) is 0 Å². The number of likely N-dealkylation sites (tertiary alicyclic amines) is 1. The SMILES string of the molecule is N=C(N)c1ccnc(N2CCC(N3CCCC3)C2)c1. The van der Waals surface area contributed by atoms with Gasteiger partial charge >= 0.3 is 0 Å². The molecule has 0 bridgehead atoms. The summed E-state index contributed by atoms with van der Waals surface area (Å²) in [4.78, 5) is 9.34. The van der Waals surface area contributed by atoms with Crippen LogP contribution in [-0.2, 0) is 0 Å². The van der Waals surface area contributed by atoms with Crippen molar-refractivity contribution in [3.8, 4) is 0 Å². The first-order valence-corrected chi connectivity index (χ1v) is 7.03. The van der Waals surface area contributed by atoms with Gasteiger partial charge in [0.25, 0.3) is 0 Å². The van der Waals surface area contributed by atoms with Gasteiger partial charge in [0.1, 0.15) is 11.7 Å². The van der Waals surface area contributed by atoms with E-state index in [4.69, 9.17) is 11.1 Å². The highest BCUT2D eigenvalue weighted by atomic mass is 15.3. The Kier molecular flexibility index (Phi) is 3.38. The molecule has 0 aromatic carbocycles. The summed E-state index contributed by atoms with van der Waals surface area (Å²) in [7, 11) is 0. The third kappa shape index (κ3) is 2.56. The van der Waals surface area contributed by atoms with Crippen LogP contribution in [0, 0.1) is 5.41 Å². The molecule has 3 rings (SSSR count). The highest BCUT2D eigenvalue weighted by Crippen LogP contribution is 2.24. The van der Waals surface area contributed by atoms with Crippen molar-refractivity contribution in [2.45, 2.75) is 25.3 Å². The normalized spacial score (nSPS) is 24.0. The molecule has 2 aliphatic rings. The van der Waals surface area contributed by atoms with Gasteiger partial charge in [0.2, 0.25) is 0 Å². The Bertz CT molecular complexity index is 467. The summed E-state index contributed by atoms with van der Waals surface area (Å²) in [6, 6.07) is 4.39. The zero-order valence-corrected chi connectivity index (χ0v) is 11.2. The van der Waals surface area contributed by atoms with E-state index in [1.54, 1.807) is 12.3 Å². The van der Waals surface area contributed by atoms with Gasteiger partial charge in [0.05, 0.1) is 0 Å². The zero-order chi connectivity index (χ0) is 13.2. The second-order valence-corrected chi connectivity index (χ2v) is 5.45. The monoisotopic (exact) mass is 259 g/mol. The number of nitrogen functional groups attached to an aromatic ring is 1.